The molecule has 0 bridgehead atoms. The monoisotopic (exact) mass is 413 g/mol. The number of hydrogen-bond acceptors (Lipinski definition) is 5. The van der Waals surface area contributed by atoms with Crippen molar-refractivity contribution in [1.29, 1.82) is 0 Å². The van der Waals surface area contributed by atoms with Gasteiger partial charge in [-0.1, -0.05) is 19.3 Å². The summed E-state index contributed by atoms with van der Waals surface area (Å²) in [5, 5.41) is 2.88. The van der Waals surface area contributed by atoms with Gasteiger partial charge in [-0.25, -0.2) is 0 Å². The van der Waals surface area contributed by atoms with Crippen LogP contribution in [0.15, 0.2) is 41.0 Å². The van der Waals surface area contributed by atoms with Crippen molar-refractivity contribution in [3.63, 3.8) is 0 Å². The van der Waals surface area contributed by atoms with Gasteiger partial charge in [-0.2, -0.15) is 0 Å². The highest BCUT2D eigenvalue weighted by molar-refractivity contribution is 6.02. The van der Waals surface area contributed by atoms with Crippen LogP contribution in [0.1, 0.15) is 48.2 Å². The molecule has 30 heavy (non-hydrogen) atoms. The Morgan fingerprint density at radius 1 is 1.17 bits per heavy atom. The lowest BCUT2D eigenvalue weighted by Gasteiger charge is -2.35. The minimum absolute atomic E-state index is 0.000805. The number of rotatable bonds is 8. The molecule has 1 heterocycles. The molecule has 1 N–H and O–H groups in total. The Balaban J connectivity index is 1.86. The van der Waals surface area contributed by atoms with Crippen molar-refractivity contribution in [2.75, 3.05) is 38.0 Å². The summed E-state index contributed by atoms with van der Waals surface area (Å²) < 4.78 is 10.3. The van der Waals surface area contributed by atoms with Crippen molar-refractivity contribution in [3.8, 4) is 0 Å². The normalized spacial score (nSPS) is 14.4. The second-order valence-corrected chi connectivity index (χ2v) is 7.92. The first-order chi connectivity index (χ1) is 14.5. The van der Waals surface area contributed by atoms with Gasteiger partial charge >= 0.3 is 0 Å². The number of nitrogens with zero attached hydrogens (tertiary/aromatic N) is 2. The molecule has 1 aliphatic rings. The Bertz CT molecular complexity index is 842. The van der Waals surface area contributed by atoms with Crippen LogP contribution < -0.4 is 10.2 Å². The second kappa shape index (κ2) is 10.3. The third-order valence-corrected chi connectivity index (χ3v) is 5.51. The Hall–Kier alpha value is -2.80. The summed E-state index contributed by atoms with van der Waals surface area (Å²) in [5.41, 5.74) is 2.66. The molecule has 0 atom stereocenters. The number of ether oxygens (including phenoxy) is 1. The van der Waals surface area contributed by atoms with Gasteiger partial charge in [-0.3, -0.25) is 9.59 Å². The lowest BCUT2D eigenvalue weighted by atomic mass is 9.93. The van der Waals surface area contributed by atoms with Crippen molar-refractivity contribution in [2.24, 2.45) is 0 Å². The number of hydrogen-bond donors (Lipinski definition) is 1. The lowest BCUT2D eigenvalue weighted by Crippen LogP contribution is -2.42. The summed E-state index contributed by atoms with van der Waals surface area (Å²) in [6, 6.07) is 9.29. The largest absolute Gasteiger partial charge is 0.459 e. The van der Waals surface area contributed by atoms with E-state index in [-0.39, 0.29) is 30.2 Å². The molecule has 0 unspecified atom stereocenters. The average molecular weight is 414 g/mol. The summed E-state index contributed by atoms with van der Waals surface area (Å²) in [5.74, 6) is -0.0466. The van der Waals surface area contributed by atoms with Gasteiger partial charge < -0.3 is 24.3 Å². The molecule has 0 saturated heterocycles. The van der Waals surface area contributed by atoms with Gasteiger partial charge in [0, 0.05) is 45.2 Å². The molecule has 1 aromatic carbocycles. The lowest BCUT2D eigenvalue weighted by molar-refractivity contribution is -0.139. The molecule has 162 valence electrons. The van der Waals surface area contributed by atoms with Crippen LogP contribution in [0.25, 0.3) is 0 Å². The topological polar surface area (TPSA) is 75.0 Å². The average Bonchev–Trinajstić information content (AvgIpc) is 3.28. The minimum atomic E-state index is -0.303. The highest BCUT2D eigenvalue weighted by Crippen LogP contribution is 2.29. The molecule has 0 aliphatic heterocycles. The first kappa shape index (κ1) is 21.9. The van der Waals surface area contributed by atoms with E-state index in [1.54, 1.807) is 19.2 Å². The van der Waals surface area contributed by atoms with Crippen LogP contribution in [0.4, 0.5) is 11.4 Å². The van der Waals surface area contributed by atoms with E-state index in [1.807, 2.05) is 42.1 Å². The molecule has 1 aromatic heterocycles. The predicted octanol–water partition coefficient (Wildman–Crippen LogP) is 3.91. The number of benzene rings is 1. The van der Waals surface area contributed by atoms with Crippen molar-refractivity contribution < 1.29 is 18.7 Å². The molecule has 0 radical (unpaired) electrons. The van der Waals surface area contributed by atoms with Crippen LogP contribution in [-0.2, 0) is 16.1 Å². The Morgan fingerprint density at radius 3 is 2.57 bits per heavy atom. The summed E-state index contributed by atoms with van der Waals surface area (Å²) in [6.45, 7) is 0.549. The van der Waals surface area contributed by atoms with Gasteiger partial charge in [0.1, 0.15) is 6.61 Å². The van der Waals surface area contributed by atoms with E-state index in [9.17, 15) is 9.59 Å². The number of methoxy groups -OCH3 is 1. The quantitative estimate of drug-likeness (QED) is 0.710. The number of furan rings is 1. The number of carbonyl (C=O) groups is 2. The number of nitrogens with one attached hydrogen (secondary N) is 1. The third kappa shape index (κ3) is 5.42. The second-order valence-electron chi connectivity index (χ2n) is 7.92. The van der Waals surface area contributed by atoms with Crippen LogP contribution in [0.3, 0.4) is 0 Å². The molecule has 1 saturated carbocycles. The summed E-state index contributed by atoms with van der Waals surface area (Å²) in [4.78, 5) is 29.2. The fourth-order valence-corrected chi connectivity index (χ4v) is 4.03. The van der Waals surface area contributed by atoms with Gasteiger partial charge in [0.2, 0.25) is 5.91 Å². The van der Waals surface area contributed by atoms with Crippen LogP contribution >= 0.6 is 0 Å². The summed E-state index contributed by atoms with van der Waals surface area (Å²) in [6.07, 6.45) is 7.00. The molecule has 2 aromatic rings. The standard InChI is InChI=1S/C23H31N3O4/c1-25(2)20-12-11-18(24-23(28)21-10-7-13-30-21)14-17(20)15-26(22(27)16-29-3)19-8-5-4-6-9-19/h7,10-14,19H,4-6,8-9,15-16H2,1-3H3,(H,24,28). The van der Waals surface area contributed by atoms with Gasteiger partial charge in [-0.05, 0) is 48.7 Å². The maximum Gasteiger partial charge on any atom is 0.291 e. The van der Waals surface area contributed by atoms with Crippen molar-refractivity contribution in [1.82, 2.24) is 4.90 Å². The molecule has 7 heteroatoms. The van der Waals surface area contributed by atoms with E-state index in [1.165, 1.54) is 12.7 Å². The van der Waals surface area contributed by atoms with E-state index in [0.717, 1.165) is 36.9 Å². The first-order valence-corrected chi connectivity index (χ1v) is 10.4. The first-order valence-electron chi connectivity index (χ1n) is 10.4. The van der Waals surface area contributed by atoms with Gasteiger partial charge in [-0.15, -0.1) is 0 Å². The highest BCUT2D eigenvalue weighted by Gasteiger charge is 2.26. The smallest absolute Gasteiger partial charge is 0.291 e. The predicted molar refractivity (Wildman–Crippen MR) is 117 cm³/mol. The van der Waals surface area contributed by atoms with E-state index in [4.69, 9.17) is 9.15 Å². The molecular weight excluding hydrogens is 382 g/mol. The van der Waals surface area contributed by atoms with Gasteiger partial charge in [0.15, 0.2) is 5.76 Å². The zero-order valence-electron chi connectivity index (χ0n) is 18.0. The summed E-state index contributed by atoms with van der Waals surface area (Å²) in [7, 11) is 5.50. The van der Waals surface area contributed by atoms with Gasteiger partial charge in [0.25, 0.3) is 5.91 Å². The fourth-order valence-electron chi connectivity index (χ4n) is 4.03. The van der Waals surface area contributed by atoms with E-state index < -0.39 is 0 Å². The number of amides is 2. The number of carbonyl (C=O) groups excluding carboxylic acids is 2. The molecule has 0 spiro atoms. The van der Waals surface area contributed by atoms with E-state index >= 15 is 0 Å². The van der Waals surface area contributed by atoms with Crippen LogP contribution in [-0.4, -0.2) is 50.6 Å². The zero-order valence-corrected chi connectivity index (χ0v) is 18.0. The molecular formula is C23H31N3O4. The maximum atomic E-state index is 12.9. The molecule has 1 fully saturated rings. The third-order valence-electron chi connectivity index (χ3n) is 5.51. The Kier molecular flexibility index (Phi) is 7.52. The number of anilines is 2. The van der Waals surface area contributed by atoms with Crippen LogP contribution in [0.5, 0.6) is 0 Å². The zero-order chi connectivity index (χ0) is 21.5. The SMILES string of the molecule is COCC(=O)N(Cc1cc(NC(=O)c2ccco2)ccc1N(C)C)C1CCCCC1. The maximum absolute atomic E-state index is 12.9. The van der Waals surface area contributed by atoms with Gasteiger partial charge in [0.05, 0.1) is 6.26 Å². The molecule has 1 aliphatic carbocycles. The van der Waals surface area contributed by atoms with Crippen LogP contribution in [0.2, 0.25) is 0 Å². The van der Waals surface area contributed by atoms with Crippen molar-refractivity contribution in [2.45, 2.75) is 44.7 Å². The highest BCUT2D eigenvalue weighted by atomic mass is 16.5. The molecule has 2 amide bonds. The van der Waals surface area contributed by atoms with Crippen LogP contribution in [0, 0.1) is 0 Å². The summed E-state index contributed by atoms with van der Waals surface area (Å²) >= 11 is 0. The fraction of sp³-hybridized carbons (Fsp3) is 0.478. The Labute approximate surface area is 178 Å². The Morgan fingerprint density at radius 2 is 1.93 bits per heavy atom. The minimum Gasteiger partial charge on any atom is -0.459 e. The molecule has 3 rings (SSSR count). The van der Waals surface area contributed by atoms with E-state index in [0.29, 0.717) is 12.2 Å². The van der Waals surface area contributed by atoms with Crippen molar-refractivity contribution >= 4 is 23.2 Å². The van der Waals surface area contributed by atoms with E-state index in [2.05, 4.69) is 5.32 Å². The molecule has 7 nitrogen and oxygen atoms in total. The van der Waals surface area contributed by atoms with Crippen molar-refractivity contribution in [3.05, 3.63) is 47.9 Å².